The molecule has 0 saturated carbocycles. The van der Waals surface area contributed by atoms with Crippen molar-refractivity contribution in [3.8, 4) is 5.75 Å². The third-order valence-electron chi connectivity index (χ3n) is 4.29. The van der Waals surface area contributed by atoms with Gasteiger partial charge in [0.25, 0.3) is 0 Å². The number of nitrogens with zero attached hydrogens (tertiary/aromatic N) is 3. The Morgan fingerprint density at radius 3 is 2.34 bits per heavy atom. The molecule has 5 nitrogen and oxygen atoms in total. The second kappa shape index (κ2) is 8.62. The Balaban J connectivity index is 2.63. The fourth-order valence-corrected chi connectivity index (χ4v) is 2.73. The van der Waals surface area contributed by atoms with Crippen molar-refractivity contribution in [1.82, 2.24) is 15.0 Å². The molecular formula is C20H21F4N3O2. The monoisotopic (exact) mass is 411 g/mol. The Hall–Kier alpha value is -2.91. The van der Waals surface area contributed by atoms with Crippen molar-refractivity contribution in [2.75, 3.05) is 20.6 Å². The number of hydrazine groups is 1. The lowest BCUT2D eigenvalue weighted by molar-refractivity contribution is -0.215. The normalized spacial score (nSPS) is 13.7. The van der Waals surface area contributed by atoms with Crippen molar-refractivity contribution in [2.45, 2.75) is 11.5 Å². The molecule has 156 valence electrons. The van der Waals surface area contributed by atoms with Gasteiger partial charge in [-0.25, -0.2) is 13.8 Å². The first-order chi connectivity index (χ1) is 13.6. The second-order valence-corrected chi connectivity index (χ2v) is 6.35. The van der Waals surface area contributed by atoms with Gasteiger partial charge in [0, 0.05) is 31.9 Å². The van der Waals surface area contributed by atoms with Crippen LogP contribution < -0.4 is 4.74 Å². The van der Waals surface area contributed by atoms with Gasteiger partial charge < -0.3 is 14.9 Å². The number of halogens is 4. The van der Waals surface area contributed by atoms with Crippen molar-refractivity contribution in [3.05, 3.63) is 85.0 Å². The number of aliphatic hydroxyl groups is 1. The van der Waals surface area contributed by atoms with Gasteiger partial charge in [0.15, 0.2) is 5.60 Å². The molecule has 0 aliphatic rings. The maximum atomic E-state index is 15.5. The van der Waals surface area contributed by atoms with Crippen LogP contribution in [-0.2, 0) is 11.5 Å². The molecule has 1 N–H and O–H groups in total. The number of aromatic nitrogens is 1. The number of hydrogen-bond donors (Lipinski definition) is 1. The fraction of sp³-hybridized carbons (Fsp3) is 0.250. The molecule has 2 aromatic rings. The third kappa shape index (κ3) is 4.41. The van der Waals surface area contributed by atoms with Crippen molar-refractivity contribution in [3.63, 3.8) is 0 Å². The molecule has 1 atom stereocenters. The number of alkyl halides is 2. The molecule has 2 rings (SSSR count). The van der Waals surface area contributed by atoms with Crippen LogP contribution in [0.25, 0.3) is 0 Å². The van der Waals surface area contributed by atoms with Crippen molar-refractivity contribution < 1.29 is 27.4 Å². The Labute approximate surface area is 166 Å². The summed E-state index contributed by atoms with van der Waals surface area (Å²) in [5.74, 6) is -6.21. The molecule has 1 unspecified atom stereocenters. The van der Waals surface area contributed by atoms with Gasteiger partial charge in [-0.15, -0.1) is 0 Å². The van der Waals surface area contributed by atoms with Crippen LogP contribution in [0.1, 0.15) is 11.3 Å². The second-order valence-electron chi connectivity index (χ2n) is 6.35. The molecule has 0 fully saturated rings. The van der Waals surface area contributed by atoms with Gasteiger partial charge in [-0.05, 0) is 24.3 Å². The molecular weight excluding hydrogens is 390 g/mol. The van der Waals surface area contributed by atoms with E-state index in [4.69, 9.17) is 4.74 Å². The van der Waals surface area contributed by atoms with E-state index in [0.29, 0.717) is 6.07 Å². The van der Waals surface area contributed by atoms with Gasteiger partial charge in [0.2, 0.25) is 0 Å². The summed E-state index contributed by atoms with van der Waals surface area (Å²) in [6.45, 7) is 6.08. The minimum absolute atomic E-state index is 0.150. The summed E-state index contributed by atoms with van der Waals surface area (Å²) < 4.78 is 63.8. The van der Waals surface area contributed by atoms with Crippen LogP contribution in [-0.4, -0.2) is 40.7 Å². The average molecular weight is 411 g/mol. The first-order valence-electron chi connectivity index (χ1n) is 8.43. The van der Waals surface area contributed by atoms with Gasteiger partial charge in [0.05, 0.1) is 19.0 Å². The van der Waals surface area contributed by atoms with E-state index in [1.807, 2.05) is 0 Å². The summed E-state index contributed by atoms with van der Waals surface area (Å²) in [5.41, 5.74) is -4.73. The highest BCUT2D eigenvalue weighted by Gasteiger charge is 2.58. The van der Waals surface area contributed by atoms with Crippen LogP contribution >= 0.6 is 0 Å². The van der Waals surface area contributed by atoms with Crippen LogP contribution in [0.4, 0.5) is 17.6 Å². The van der Waals surface area contributed by atoms with E-state index in [9.17, 15) is 13.9 Å². The highest BCUT2D eigenvalue weighted by molar-refractivity contribution is 5.33. The van der Waals surface area contributed by atoms with E-state index in [-0.39, 0.29) is 5.75 Å². The van der Waals surface area contributed by atoms with Gasteiger partial charge in [-0.1, -0.05) is 13.2 Å². The lowest BCUT2D eigenvalue weighted by atomic mass is 9.84. The van der Waals surface area contributed by atoms with E-state index in [1.165, 1.54) is 31.4 Å². The first kappa shape index (κ1) is 22.4. The zero-order valence-corrected chi connectivity index (χ0v) is 15.9. The quantitative estimate of drug-likeness (QED) is 0.387. The Morgan fingerprint density at radius 2 is 1.86 bits per heavy atom. The van der Waals surface area contributed by atoms with E-state index in [2.05, 4.69) is 18.1 Å². The first-order valence-corrected chi connectivity index (χ1v) is 8.43. The Kier molecular flexibility index (Phi) is 6.66. The SMILES string of the molecule is C=COc1ccc(C(F)(F)C(O)(CN(C=C)N(C)C)c2ccc(F)cc2F)nc1. The topological polar surface area (TPSA) is 48.8 Å². The smallest absolute Gasteiger partial charge is 0.323 e. The molecule has 1 heterocycles. The molecule has 0 bridgehead atoms. The zero-order chi connectivity index (χ0) is 21.8. The molecule has 0 aliphatic carbocycles. The lowest BCUT2D eigenvalue weighted by Crippen LogP contribution is -2.53. The molecule has 29 heavy (non-hydrogen) atoms. The summed E-state index contributed by atoms with van der Waals surface area (Å²) in [7, 11) is 3.06. The summed E-state index contributed by atoms with van der Waals surface area (Å²) in [4.78, 5) is 3.65. The van der Waals surface area contributed by atoms with Crippen LogP contribution in [0.3, 0.4) is 0 Å². The maximum Gasteiger partial charge on any atom is 0.323 e. The maximum absolute atomic E-state index is 15.5. The van der Waals surface area contributed by atoms with Crippen LogP contribution in [0.15, 0.2) is 62.1 Å². The molecule has 0 aliphatic heterocycles. The van der Waals surface area contributed by atoms with E-state index in [1.54, 1.807) is 0 Å². The number of benzene rings is 1. The predicted octanol–water partition coefficient (Wildman–Crippen LogP) is 3.78. The van der Waals surface area contributed by atoms with Gasteiger partial charge in [-0.3, -0.25) is 4.98 Å². The Bertz CT molecular complexity index is 875. The van der Waals surface area contributed by atoms with Gasteiger partial charge >= 0.3 is 5.92 Å². The molecule has 0 amide bonds. The molecule has 0 spiro atoms. The van der Waals surface area contributed by atoms with Gasteiger partial charge in [-0.2, -0.15) is 8.78 Å². The zero-order valence-electron chi connectivity index (χ0n) is 15.9. The van der Waals surface area contributed by atoms with E-state index in [0.717, 1.165) is 35.7 Å². The van der Waals surface area contributed by atoms with Gasteiger partial charge in [0.1, 0.15) is 23.1 Å². The van der Waals surface area contributed by atoms with Crippen molar-refractivity contribution >= 4 is 0 Å². The van der Waals surface area contributed by atoms with Crippen LogP contribution in [0.5, 0.6) is 5.75 Å². The summed E-state index contributed by atoms with van der Waals surface area (Å²) in [6.07, 6.45) is 3.30. The lowest BCUT2D eigenvalue weighted by Gasteiger charge is -2.41. The minimum atomic E-state index is -4.07. The molecule has 0 saturated heterocycles. The van der Waals surface area contributed by atoms with E-state index >= 15 is 8.78 Å². The largest absolute Gasteiger partial charge is 0.464 e. The minimum Gasteiger partial charge on any atom is -0.464 e. The van der Waals surface area contributed by atoms with Crippen molar-refractivity contribution in [1.29, 1.82) is 0 Å². The average Bonchev–Trinajstić information content (AvgIpc) is 2.66. The number of ether oxygens (including phenoxy) is 1. The van der Waals surface area contributed by atoms with Crippen LogP contribution in [0, 0.1) is 11.6 Å². The van der Waals surface area contributed by atoms with Crippen LogP contribution in [0.2, 0.25) is 0 Å². The highest BCUT2D eigenvalue weighted by Crippen LogP contribution is 2.46. The van der Waals surface area contributed by atoms with Crippen molar-refractivity contribution in [2.24, 2.45) is 0 Å². The Morgan fingerprint density at radius 1 is 1.17 bits per heavy atom. The number of hydrogen-bond acceptors (Lipinski definition) is 5. The molecule has 1 aromatic heterocycles. The standard InChI is InChI=1S/C20H21F4N3O2/c1-5-27(26(3)4)13-19(28,16-9-7-14(21)11-17(16)22)20(23,24)18-10-8-15(12-25-18)29-6-2/h5-12,28H,1-2,13H2,3-4H3. The summed E-state index contributed by atoms with van der Waals surface area (Å²) in [6, 6.07) is 4.15. The van der Waals surface area contributed by atoms with E-state index < -0.39 is 41.0 Å². The predicted molar refractivity (Wildman–Crippen MR) is 99.8 cm³/mol. The summed E-state index contributed by atoms with van der Waals surface area (Å²) in [5, 5.41) is 13.7. The number of rotatable bonds is 9. The third-order valence-corrected chi connectivity index (χ3v) is 4.29. The summed E-state index contributed by atoms with van der Waals surface area (Å²) >= 11 is 0. The molecule has 1 aromatic carbocycles. The number of pyridine rings is 1. The highest BCUT2D eigenvalue weighted by atomic mass is 19.3. The fourth-order valence-electron chi connectivity index (χ4n) is 2.73. The molecule has 0 radical (unpaired) electrons. The molecule has 9 heteroatoms.